The Morgan fingerprint density at radius 1 is 1.25 bits per heavy atom. The molecule has 0 radical (unpaired) electrons. The molecule has 0 atom stereocenters. The number of ketones is 1. The van der Waals surface area contributed by atoms with Crippen molar-refractivity contribution in [2.75, 3.05) is 11.5 Å². The summed E-state index contributed by atoms with van der Waals surface area (Å²) < 4.78 is 0. The van der Waals surface area contributed by atoms with Gasteiger partial charge in [-0.3, -0.25) is 4.79 Å². The number of Topliss-reactive ketones (excluding diaryl/α,β-unsaturated/α-hetero) is 1. The van der Waals surface area contributed by atoms with E-state index in [0.29, 0.717) is 5.75 Å². The van der Waals surface area contributed by atoms with E-state index in [0.717, 1.165) is 16.9 Å². The van der Waals surface area contributed by atoms with E-state index < -0.39 is 0 Å². The Balaban J connectivity index is 2.33. The van der Waals surface area contributed by atoms with Gasteiger partial charge < -0.3 is 0 Å². The molecule has 0 saturated carbocycles. The normalized spacial score (nSPS) is 10.4. The van der Waals surface area contributed by atoms with Crippen LogP contribution >= 0.6 is 11.8 Å². The molecule has 0 fully saturated rings. The molecule has 1 aromatic rings. The Kier molecular flexibility index (Phi) is 6.24. The van der Waals surface area contributed by atoms with Gasteiger partial charge in [-0.25, -0.2) is 0 Å². The summed E-state index contributed by atoms with van der Waals surface area (Å²) in [6, 6.07) is 7.82. The maximum Gasteiger partial charge on any atom is 0.172 e. The van der Waals surface area contributed by atoms with Crippen molar-refractivity contribution in [1.82, 2.24) is 0 Å². The first-order valence-electron chi connectivity index (χ1n) is 5.92. The molecule has 88 valence electrons. The van der Waals surface area contributed by atoms with Gasteiger partial charge in [0.1, 0.15) is 0 Å². The minimum Gasteiger partial charge on any atom is -0.293 e. The third kappa shape index (κ3) is 4.40. The molecule has 0 unspecified atom stereocenters. The Bertz CT molecular complexity index is 333. The summed E-state index contributed by atoms with van der Waals surface area (Å²) >= 11 is 1.76. The van der Waals surface area contributed by atoms with Crippen molar-refractivity contribution in [2.45, 2.75) is 33.1 Å². The molecule has 0 aliphatic carbocycles. The van der Waals surface area contributed by atoms with Gasteiger partial charge in [-0.15, -0.1) is 0 Å². The number of unbranched alkanes of at least 4 members (excludes halogenated alkanes) is 2. The van der Waals surface area contributed by atoms with Crippen molar-refractivity contribution in [1.29, 1.82) is 0 Å². The van der Waals surface area contributed by atoms with Gasteiger partial charge in [0, 0.05) is 5.56 Å². The number of thioether (sulfide) groups is 1. The van der Waals surface area contributed by atoms with Crippen LogP contribution in [0.5, 0.6) is 0 Å². The van der Waals surface area contributed by atoms with Crippen LogP contribution < -0.4 is 0 Å². The highest BCUT2D eigenvalue weighted by Gasteiger charge is 2.07. The third-order valence-electron chi connectivity index (χ3n) is 2.57. The fourth-order valence-electron chi connectivity index (χ4n) is 1.58. The second-order valence-electron chi connectivity index (χ2n) is 4.00. The topological polar surface area (TPSA) is 17.1 Å². The first-order chi connectivity index (χ1) is 7.75. The third-order valence-corrected chi connectivity index (χ3v) is 3.61. The SMILES string of the molecule is CCCCCSCC(=O)c1ccccc1C. The number of hydrogen-bond acceptors (Lipinski definition) is 2. The van der Waals surface area contributed by atoms with E-state index in [4.69, 9.17) is 0 Å². The Morgan fingerprint density at radius 2 is 2.00 bits per heavy atom. The van der Waals surface area contributed by atoms with E-state index in [-0.39, 0.29) is 5.78 Å². The molecule has 0 bridgehead atoms. The van der Waals surface area contributed by atoms with E-state index in [2.05, 4.69) is 6.92 Å². The highest BCUT2D eigenvalue weighted by Crippen LogP contribution is 2.13. The van der Waals surface area contributed by atoms with Crippen LogP contribution in [0.2, 0.25) is 0 Å². The molecule has 16 heavy (non-hydrogen) atoms. The quantitative estimate of drug-likeness (QED) is 0.523. The number of aryl methyl sites for hydroxylation is 1. The van der Waals surface area contributed by atoms with Gasteiger partial charge in [0.2, 0.25) is 0 Å². The zero-order chi connectivity index (χ0) is 11.8. The highest BCUT2D eigenvalue weighted by molar-refractivity contribution is 7.99. The number of hydrogen-bond donors (Lipinski definition) is 0. The lowest BCUT2D eigenvalue weighted by molar-refractivity contribution is 0.102. The predicted molar refractivity (Wildman–Crippen MR) is 72.4 cm³/mol. The molecule has 1 aromatic carbocycles. The maximum atomic E-state index is 11.9. The summed E-state index contributed by atoms with van der Waals surface area (Å²) in [5.74, 6) is 1.99. The first kappa shape index (κ1) is 13.3. The monoisotopic (exact) mass is 236 g/mol. The van der Waals surface area contributed by atoms with E-state index in [1.165, 1.54) is 19.3 Å². The molecule has 0 heterocycles. The van der Waals surface area contributed by atoms with Crippen molar-refractivity contribution in [3.05, 3.63) is 35.4 Å². The molecule has 0 aromatic heterocycles. The van der Waals surface area contributed by atoms with Crippen molar-refractivity contribution >= 4 is 17.5 Å². The number of carbonyl (C=O) groups is 1. The average Bonchev–Trinajstić information content (AvgIpc) is 2.29. The molecule has 0 N–H and O–H groups in total. The summed E-state index contributed by atoms with van der Waals surface area (Å²) in [5.41, 5.74) is 1.96. The molecular weight excluding hydrogens is 216 g/mol. The molecule has 0 amide bonds. The molecule has 0 saturated heterocycles. The maximum absolute atomic E-state index is 11.9. The van der Waals surface area contributed by atoms with E-state index >= 15 is 0 Å². The van der Waals surface area contributed by atoms with E-state index in [1.54, 1.807) is 11.8 Å². The number of benzene rings is 1. The molecular formula is C14H20OS. The lowest BCUT2D eigenvalue weighted by Crippen LogP contribution is -2.05. The lowest BCUT2D eigenvalue weighted by Gasteiger charge is -2.04. The smallest absolute Gasteiger partial charge is 0.172 e. The molecule has 1 nitrogen and oxygen atoms in total. The fourth-order valence-corrected chi connectivity index (χ4v) is 2.48. The highest BCUT2D eigenvalue weighted by atomic mass is 32.2. The van der Waals surface area contributed by atoms with Crippen LogP contribution in [-0.2, 0) is 0 Å². The fraction of sp³-hybridized carbons (Fsp3) is 0.500. The standard InChI is InChI=1S/C14H20OS/c1-3-4-7-10-16-11-14(15)13-9-6-5-8-12(13)2/h5-6,8-9H,3-4,7,10-11H2,1-2H3. The Hall–Kier alpha value is -0.760. The zero-order valence-electron chi connectivity index (χ0n) is 10.2. The summed E-state index contributed by atoms with van der Waals surface area (Å²) in [4.78, 5) is 11.9. The molecule has 1 rings (SSSR count). The summed E-state index contributed by atoms with van der Waals surface area (Å²) in [6.45, 7) is 4.19. The summed E-state index contributed by atoms with van der Waals surface area (Å²) in [6.07, 6.45) is 3.74. The van der Waals surface area contributed by atoms with E-state index in [1.807, 2.05) is 31.2 Å². The van der Waals surface area contributed by atoms with Crippen LogP contribution in [0.3, 0.4) is 0 Å². The number of rotatable bonds is 7. The Labute approximate surface area is 103 Å². The molecule has 0 aliphatic heterocycles. The van der Waals surface area contributed by atoms with Gasteiger partial charge in [0.15, 0.2) is 5.78 Å². The predicted octanol–water partition coefficient (Wildman–Crippen LogP) is 4.10. The molecule has 2 heteroatoms. The molecule has 0 spiro atoms. The largest absolute Gasteiger partial charge is 0.293 e. The Morgan fingerprint density at radius 3 is 2.69 bits per heavy atom. The summed E-state index contributed by atoms with van der Waals surface area (Å²) in [7, 11) is 0. The lowest BCUT2D eigenvalue weighted by atomic mass is 10.1. The van der Waals surface area contributed by atoms with Crippen LogP contribution in [0.25, 0.3) is 0 Å². The van der Waals surface area contributed by atoms with Crippen molar-refractivity contribution in [3.8, 4) is 0 Å². The molecule has 0 aliphatic rings. The minimum atomic E-state index is 0.264. The second kappa shape index (κ2) is 7.50. The van der Waals surface area contributed by atoms with Crippen LogP contribution in [0, 0.1) is 6.92 Å². The van der Waals surface area contributed by atoms with Gasteiger partial charge in [-0.2, -0.15) is 11.8 Å². The van der Waals surface area contributed by atoms with Crippen molar-refractivity contribution in [2.24, 2.45) is 0 Å². The van der Waals surface area contributed by atoms with Crippen molar-refractivity contribution in [3.63, 3.8) is 0 Å². The van der Waals surface area contributed by atoms with Gasteiger partial charge in [0.25, 0.3) is 0 Å². The van der Waals surface area contributed by atoms with E-state index in [9.17, 15) is 4.79 Å². The average molecular weight is 236 g/mol. The van der Waals surface area contributed by atoms with Gasteiger partial charge in [0.05, 0.1) is 5.75 Å². The van der Waals surface area contributed by atoms with Gasteiger partial charge >= 0.3 is 0 Å². The van der Waals surface area contributed by atoms with Crippen molar-refractivity contribution < 1.29 is 4.79 Å². The number of carbonyl (C=O) groups excluding carboxylic acids is 1. The second-order valence-corrected chi connectivity index (χ2v) is 5.10. The zero-order valence-corrected chi connectivity index (χ0v) is 11.0. The van der Waals surface area contributed by atoms with Gasteiger partial charge in [-0.05, 0) is 24.7 Å². The van der Waals surface area contributed by atoms with Crippen LogP contribution in [0.4, 0.5) is 0 Å². The van der Waals surface area contributed by atoms with Crippen LogP contribution in [-0.4, -0.2) is 17.3 Å². The summed E-state index contributed by atoms with van der Waals surface area (Å²) in [5, 5.41) is 0. The van der Waals surface area contributed by atoms with Crippen LogP contribution in [0.1, 0.15) is 42.1 Å². The van der Waals surface area contributed by atoms with Gasteiger partial charge in [-0.1, -0.05) is 44.0 Å². The minimum absolute atomic E-state index is 0.264. The first-order valence-corrected chi connectivity index (χ1v) is 7.07. The van der Waals surface area contributed by atoms with Crippen LogP contribution in [0.15, 0.2) is 24.3 Å².